The van der Waals surface area contributed by atoms with Gasteiger partial charge < -0.3 is 9.84 Å². The molecule has 1 heterocycles. The van der Waals surface area contributed by atoms with Crippen LogP contribution in [0.5, 0.6) is 0 Å². The van der Waals surface area contributed by atoms with Crippen molar-refractivity contribution in [3.63, 3.8) is 0 Å². The van der Waals surface area contributed by atoms with Crippen molar-refractivity contribution in [3.05, 3.63) is 20.8 Å². The summed E-state index contributed by atoms with van der Waals surface area (Å²) < 4.78 is 6.56. The second-order valence-electron chi connectivity index (χ2n) is 4.05. The van der Waals surface area contributed by atoms with E-state index >= 15 is 0 Å². The van der Waals surface area contributed by atoms with E-state index in [-0.39, 0.29) is 5.60 Å². The van der Waals surface area contributed by atoms with Gasteiger partial charge in [0.05, 0.1) is 5.60 Å². The predicted octanol–water partition coefficient (Wildman–Crippen LogP) is 3.50. The Balaban J connectivity index is 2.26. The average molecular weight is 291 g/mol. The predicted molar refractivity (Wildman–Crippen MR) is 65.2 cm³/mol. The van der Waals surface area contributed by atoms with Gasteiger partial charge in [0, 0.05) is 22.5 Å². The minimum atomic E-state index is -0.509. The Morgan fingerprint density at radius 2 is 2.13 bits per heavy atom. The lowest BCUT2D eigenvalue weighted by Gasteiger charge is -2.32. The number of thiophene rings is 1. The van der Waals surface area contributed by atoms with E-state index < -0.39 is 6.10 Å². The molecule has 84 valence electrons. The third-order valence-corrected chi connectivity index (χ3v) is 5.04. The molecule has 2 rings (SSSR count). The van der Waals surface area contributed by atoms with Crippen molar-refractivity contribution in [1.82, 2.24) is 0 Å². The van der Waals surface area contributed by atoms with Crippen LogP contribution >= 0.6 is 27.3 Å². The number of aliphatic hydroxyl groups excluding tert-OH is 1. The molecule has 0 bridgehead atoms. The zero-order chi connectivity index (χ0) is 10.9. The van der Waals surface area contributed by atoms with E-state index in [1.165, 1.54) is 0 Å². The van der Waals surface area contributed by atoms with Gasteiger partial charge >= 0.3 is 0 Å². The maximum atomic E-state index is 10.4. The van der Waals surface area contributed by atoms with Crippen molar-refractivity contribution in [3.8, 4) is 0 Å². The van der Waals surface area contributed by atoms with Crippen molar-refractivity contribution in [2.24, 2.45) is 0 Å². The highest BCUT2D eigenvalue weighted by Gasteiger charge is 2.42. The van der Waals surface area contributed by atoms with E-state index in [4.69, 9.17) is 4.74 Å². The number of ether oxygens (including phenoxy) is 1. The zero-order valence-electron chi connectivity index (χ0n) is 8.70. The van der Waals surface area contributed by atoms with E-state index in [0.717, 1.165) is 35.7 Å². The first-order chi connectivity index (χ1) is 7.19. The Labute approximate surface area is 102 Å². The number of hydrogen-bond acceptors (Lipinski definition) is 3. The molecule has 0 spiro atoms. The molecule has 4 heteroatoms. The van der Waals surface area contributed by atoms with E-state index in [1.807, 2.05) is 10.8 Å². The van der Waals surface area contributed by atoms with Crippen LogP contribution in [0.1, 0.15) is 37.4 Å². The Morgan fingerprint density at radius 1 is 1.47 bits per heavy atom. The molecule has 0 aliphatic heterocycles. The molecule has 1 unspecified atom stereocenters. The molecule has 15 heavy (non-hydrogen) atoms. The summed E-state index contributed by atoms with van der Waals surface area (Å²) in [6.45, 7) is 0. The summed E-state index contributed by atoms with van der Waals surface area (Å²) in [4.78, 5) is 0. The second-order valence-corrected chi connectivity index (χ2v) is 5.65. The Hall–Kier alpha value is 0.100. The van der Waals surface area contributed by atoms with Crippen molar-refractivity contribution in [1.29, 1.82) is 0 Å². The van der Waals surface area contributed by atoms with Gasteiger partial charge in [0.2, 0.25) is 0 Å². The summed E-state index contributed by atoms with van der Waals surface area (Å²) in [5.74, 6) is 0. The van der Waals surface area contributed by atoms with Gasteiger partial charge in [-0.1, -0.05) is 12.8 Å². The Morgan fingerprint density at radius 3 is 2.60 bits per heavy atom. The summed E-state index contributed by atoms with van der Waals surface area (Å²) >= 11 is 5.06. The molecular weight excluding hydrogens is 276 g/mol. The third kappa shape index (κ3) is 2.00. The fourth-order valence-electron chi connectivity index (χ4n) is 2.33. The lowest BCUT2D eigenvalue weighted by atomic mass is 9.91. The molecule has 1 N–H and O–H groups in total. The first kappa shape index (κ1) is 11.6. The Kier molecular flexibility index (Phi) is 3.50. The van der Waals surface area contributed by atoms with E-state index in [2.05, 4.69) is 15.9 Å². The van der Waals surface area contributed by atoms with Crippen LogP contribution in [0.4, 0.5) is 0 Å². The zero-order valence-corrected chi connectivity index (χ0v) is 11.1. The molecule has 0 amide bonds. The summed E-state index contributed by atoms with van der Waals surface area (Å²) in [5, 5.41) is 14.4. The van der Waals surface area contributed by atoms with Gasteiger partial charge in [0.1, 0.15) is 6.10 Å². The van der Waals surface area contributed by atoms with Crippen LogP contribution < -0.4 is 0 Å². The van der Waals surface area contributed by atoms with Gasteiger partial charge in [-0.05, 0) is 34.2 Å². The molecule has 1 aliphatic rings. The standard InChI is InChI=1S/C11H15BrO2S/c1-14-11(4-2-3-5-11)10(13)8-6-15-7-9(8)12/h6-7,10,13H,2-5H2,1H3. The van der Waals surface area contributed by atoms with Crippen molar-refractivity contribution < 1.29 is 9.84 Å². The number of aliphatic hydroxyl groups is 1. The second kappa shape index (κ2) is 4.53. The van der Waals surface area contributed by atoms with Crippen LogP contribution in [0.25, 0.3) is 0 Å². The third-order valence-electron chi connectivity index (χ3n) is 3.29. The number of hydrogen-bond donors (Lipinski definition) is 1. The van der Waals surface area contributed by atoms with Crippen LogP contribution in [0.3, 0.4) is 0 Å². The summed E-state index contributed by atoms with van der Waals surface area (Å²) in [7, 11) is 1.70. The van der Waals surface area contributed by atoms with Crippen LogP contribution in [0.2, 0.25) is 0 Å². The first-order valence-electron chi connectivity index (χ1n) is 5.14. The van der Waals surface area contributed by atoms with Crippen LogP contribution in [0, 0.1) is 0 Å². The van der Waals surface area contributed by atoms with Gasteiger partial charge in [-0.3, -0.25) is 0 Å². The summed E-state index contributed by atoms with van der Waals surface area (Å²) in [6.07, 6.45) is 3.68. The maximum absolute atomic E-state index is 10.4. The van der Waals surface area contributed by atoms with Crippen molar-refractivity contribution >= 4 is 27.3 Å². The minimum Gasteiger partial charge on any atom is -0.385 e. The molecule has 0 radical (unpaired) electrons. The lowest BCUT2D eigenvalue weighted by molar-refractivity contribution is -0.100. The normalized spacial score (nSPS) is 21.8. The SMILES string of the molecule is COC1(C(O)c2cscc2Br)CCCC1. The maximum Gasteiger partial charge on any atom is 0.110 e. The number of rotatable bonds is 3. The van der Waals surface area contributed by atoms with Gasteiger partial charge in [0.25, 0.3) is 0 Å². The smallest absolute Gasteiger partial charge is 0.110 e. The van der Waals surface area contributed by atoms with Gasteiger partial charge in [0.15, 0.2) is 0 Å². The minimum absolute atomic E-state index is 0.358. The molecule has 2 nitrogen and oxygen atoms in total. The highest BCUT2D eigenvalue weighted by atomic mass is 79.9. The van der Waals surface area contributed by atoms with Gasteiger partial charge in [-0.15, -0.1) is 0 Å². The molecule has 1 fully saturated rings. The first-order valence-corrected chi connectivity index (χ1v) is 6.88. The lowest BCUT2D eigenvalue weighted by Crippen LogP contribution is -2.35. The van der Waals surface area contributed by atoms with E-state index in [1.54, 1.807) is 18.4 Å². The number of halogens is 1. The molecule has 0 saturated heterocycles. The van der Waals surface area contributed by atoms with Crippen LogP contribution in [-0.4, -0.2) is 17.8 Å². The monoisotopic (exact) mass is 290 g/mol. The fourth-order valence-corrected chi connectivity index (χ4v) is 3.87. The molecule has 0 aromatic carbocycles. The molecule has 1 aliphatic carbocycles. The quantitative estimate of drug-likeness (QED) is 0.923. The van der Waals surface area contributed by atoms with Crippen molar-refractivity contribution in [2.75, 3.05) is 7.11 Å². The Bertz CT molecular complexity index is 331. The van der Waals surface area contributed by atoms with E-state index in [9.17, 15) is 5.11 Å². The van der Waals surface area contributed by atoms with E-state index in [0.29, 0.717) is 0 Å². The largest absolute Gasteiger partial charge is 0.385 e. The molecule has 1 saturated carbocycles. The molecule has 1 aromatic rings. The highest BCUT2D eigenvalue weighted by molar-refractivity contribution is 9.10. The molecular formula is C11H15BrO2S. The fraction of sp³-hybridized carbons (Fsp3) is 0.636. The number of methoxy groups -OCH3 is 1. The van der Waals surface area contributed by atoms with Crippen LogP contribution in [-0.2, 0) is 4.74 Å². The topological polar surface area (TPSA) is 29.5 Å². The summed E-state index contributed by atoms with van der Waals surface area (Å²) in [6, 6.07) is 0. The molecule has 1 atom stereocenters. The highest BCUT2D eigenvalue weighted by Crippen LogP contribution is 2.44. The molecule has 1 aromatic heterocycles. The van der Waals surface area contributed by atoms with Crippen molar-refractivity contribution in [2.45, 2.75) is 37.4 Å². The van der Waals surface area contributed by atoms with Gasteiger partial charge in [-0.25, -0.2) is 0 Å². The van der Waals surface area contributed by atoms with Gasteiger partial charge in [-0.2, -0.15) is 11.3 Å². The average Bonchev–Trinajstić information content (AvgIpc) is 2.86. The van der Waals surface area contributed by atoms with Crippen LogP contribution in [0.15, 0.2) is 15.2 Å². The summed E-state index contributed by atoms with van der Waals surface area (Å²) in [5.41, 5.74) is 0.604.